The van der Waals surface area contributed by atoms with Crippen LogP contribution >= 0.6 is 15.9 Å². The Morgan fingerprint density at radius 2 is 1.94 bits per heavy atom. The van der Waals surface area contributed by atoms with Crippen LogP contribution < -0.4 is 0 Å². The Bertz CT molecular complexity index is 554. The van der Waals surface area contributed by atoms with Crippen LogP contribution in [-0.4, -0.2) is 5.11 Å². The van der Waals surface area contributed by atoms with Gasteiger partial charge in [-0.3, -0.25) is 0 Å². The van der Waals surface area contributed by atoms with Gasteiger partial charge in [-0.2, -0.15) is 0 Å². The van der Waals surface area contributed by atoms with Gasteiger partial charge in [-0.05, 0) is 30.2 Å². The van der Waals surface area contributed by atoms with Crippen LogP contribution in [0, 0.1) is 12.7 Å². The van der Waals surface area contributed by atoms with E-state index >= 15 is 0 Å². The van der Waals surface area contributed by atoms with Gasteiger partial charge in [-0.25, -0.2) is 4.39 Å². The first-order valence-electron chi connectivity index (χ1n) is 5.75. The Morgan fingerprint density at radius 1 is 1.22 bits per heavy atom. The molecule has 0 spiro atoms. The van der Waals surface area contributed by atoms with Crippen molar-refractivity contribution in [2.45, 2.75) is 19.4 Å². The first kappa shape index (κ1) is 13.2. The molecule has 0 amide bonds. The van der Waals surface area contributed by atoms with Gasteiger partial charge in [0.1, 0.15) is 5.82 Å². The second-order valence-electron chi connectivity index (χ2n) is 4.34. The maximum atomic E-state index is 13.7. The minimum Gasteiger partial charge on any atom is -0.388 e. The normalized spacial score (nSPS) is 12.4. The zero-order chi connectivity index (χ0) is 13.1. The fraction of sp³-hybridized carbons (Fsp3) is 0.200. The summed E-state index contributed by atoms with van der Waals surface area (Å²) in [5, 5.41) is 10.1. The smallest absolute Gasteiger partial charge is 0.129 e. The van der Waals surface area contributed by atoms with Crippen molar-refractivity contribution in [1.82, 2.24) is 0 Å². The molecule has 0 radical (unpaired) electrons. The van der Waals surface area contributed by atoms with Gasteiger partial charge in [-0.15, -0.1) is 0 Å². The number of halogens is 2. The average Bonchev–Trinajstić information content (AvgIpc) is 2.32. The van der Waals surface area contributed by atoms with E-state index in [0.29, 0.717) is 12.0 Å². The largest absolute Gasteiger partial charge is 0.388 e. The van der Waals surface area contributed by atoms with Crippen LogP contribution in [0.4, 0.5) is 4.39 Å². The first-order valence-corrected chi connectivity index (χ1v) is 6.55. The van der Waals surface area contributed by atoms with Crippen molar-refractivity contribution in [2.75, 3.05) is 0 Å². The summed E-state index contributed by atoms with van der Waals surface area (Å²) in [6.07, 6.45) is -0.439. The van der Waals surface area contributed by atoms with Gasteiger partial charge in [-0.1, -0.05) is 46.3 Å². The highest BCUT2D eigenvalue weighted by molar-refractivity contribution is 9.10. The average molecular weight is 309 g/mol. The van der Waals surface area contributed by atoms with E-state index in [1.165, 1.54) is 6.07 Å². The lowest BCUT2D eigenvalue weighted by atomic mass is 10.00. The Kier molecular flexibility index (Phi) is 4.15. The number of aliphatic hydroxyl groups is 1. The standard InChI is InChI=1S/C15H14BrFO/c1-10-6-7-12(14(17)8-10)15(18)9-11-4-2-3-5-13(11)16/h2-8,15,18H,9H2,1H3. The molecule has 2 aromatic carbocycles. The Hall–Kier alpha value is -1.19. The molecule has 0 aliphatic carbocycles. The van der Waals surface area contributed by atoms with Crippen molar-refractivity contribution < 1.29 is 9.50 Å². The fourth-order valence-corrected chi connectivity index (χ4v) is 2.33. The number of benzene rings is 2. The summed E-state index contributed by atoms with van der Waals surface area (Å²) in [5.74, 6) is -0.352. The zero-order valence-corrected chi connectivity index (χ0v) is 11.6. The molecule has 3 heteroatoms. The molecule has 1 unspecified atom stereocenters. The molecule has 94 valence electrons. The maximum absolute atomic E-state index is 13.7. The molecule has 1 N–H and O–H groups in total. The number of hydrogen-bond acceptors (Lipinski definition) is 1. The molecule has 0 saturated carbocycles. The first-order chi connectivity index (χ1) is 8.58. The molecule has 0 bridgehead atoms. The summed E-state index contributed by atoms with van der Waals surface area (Å²) in [7, 11) is 0. The molecule has 0 aliphatic heterocycles. The van der Waals surface area contributed by atoms with Gasteiger partial charge in [0, 0.05) is 16.5 Å². The van der Waals surface area contributed by atoms with Gasteiger partial charge >= 0.3 is 0 Å². The van der Waals surface area contributed by atoms with E-state index in [9.17, 15) is 9.50 Å². The van der Waals surface area contributed by atoms with Crippen molar-refractivity contribution in [1.29, 1.82) is 0 Å². The van der Waals surface area contributed by atoms with Crippen LogP contribution in [-0.2, 0) is 6.42 Å². The monoisotopic (exact) mass is 308 g/mol. The topological polar surface area (TPSA) is 20.2 Å². The van der Waals surface area contributed by atoms with E-state index in [2.05, 4.69) is 15.9 Å². The van der Waals surface area contributed by atoms with Crippen molar-refractivity contribution in [2.24, 2.45) is 0 Å². The Balaban J connectivity index is 2.22. The van der Waals surface area contributed by atoms with E-state index in [1.54, 1.807) is 6.07 Å². The van der Waals surface area contributed by atoms with E-state index < -0.39 is 6.10 Å². The SMILES string of the molecule is Cc1ccc(C(O)Cc2ccccc2Br)c(F)c1. The van der Waals surface area contributed by atoms with Crippen LogP contribution in [0.15, 0.2) is 46.9 Å². The van der Waals surface area contributed by atoms with E-state index in [0.717, 1.165) is 15.6 Å². The molecular formula is C15H14BrFO. The molecule has 1 atom stereocenters. The molecule has 0 aliphatic rings. The molecule has 0 aromatic heterocycles. The predicted octanol–water partition coefficient (Wildman–Crippen LogP) is 4.17. The second-order valence-corrected chi connectivity index (χ2v) is 5.19. The van der Waals surface area contributed by atoms with Crippen molar-refractivity contribution in [3.8, 4) is 0 Å². The number of aliphatic hydroxyl groups excluding tert-OH is 1. The number of aryl methyl sites for hydroxylation is 1. The van der Waals surface area contributed by atoms with E-state index in [-0.39, 0.29) is 5.82 Å². The highest BCUT2D eigenvalue weighted by Gasteiger charge is 2.14. The third-order valence-electron chi connectivity index (χ3n) is 2.89. The molecule has 2 aromatic rings. The van der Waals surface area contributed by atoms with E-state index in [4.69, 9.17) is 0 Å². The highest BCUT2D eigenvalue weighted by Crippen LogP contribution is 2.25. The summed E-state index contributed by atoms with van der Waals surface area (Å²) in [6, 6.07) is 12.5. The van der Waals surface area contributed by atoms with Gasteiger partial charge < -0.3 is 5.11 Å². The molecule has 2 rings (SSSR count). The molecule has 0 saturated heterocycles. The zero-order valence-electron chi connectivity index (χ0n) is 10.0. The van der Waals surface area contributed by atoms with Gasteiger partial charge in [0.15, 0.2) is 0 Å². The maximum Gasteiger partial charge on any atom is 0.129 e. The molecule has 0 fully saturated rings. The Morgan fingerprint density at radius 3 is 2.61 bits per heavy atom. The summed E-state index contributed by atoms with van der Waals surface area (Å²) in [5.41, 5.74) is 2.16. The third kappa shape index (κ3) is 2.98. The second kappa shape index (κ2) is 5.63. The predicted molar refractivity (Wildman–Crippen MR) is 73.9 cm³/mol. The number of hydrogen-bond donors (Lipinski definition) is 1. The van der Waals surface area contributed by atoms with Crippen molar-refractivity contribution in [3.63, 3.8) is 0 Å². The van der Waals surface area contributed by atoms with Gasteiger partial charge in [0.2, 0.25) is 0 Å². The molecule has 0 heterocycles. The van der Waals surface area contributed by atoms with Crippen LogP contribution in [0.25, 0.3) is 0 Å². The molecule has 1 nitrogen and oxygen atoms in total. The van der Waals surface area contributed by atoms with Gasteiger partial charge in [0.05, 0.1) is 6.10 Å². The lowest BCUT2D eigenvalue weighted by Gasteiger charge is -2.13. The summed E-state index contributed by atoms with van der Waals surface area (Å²) < 4.78 is 14.7. The lowest BCUT2D eigenvalue weighted by Crippen LogP contribution is -2.05. The minimum absolute atomic E-state index is 0.344. The van der Waals surface area contributed by atoms with Gasteiger partial charge in [0.25, 0.3) is 0 Å². The van der Waals surface area contributed by atoms with E-state index in [1.807, 2.05) is 37.3 Å². The quantitative estimate of drug-likeness (QED) is 0.902. The van der Waals surface area contributed by atoms with Crippen LogP contribution in [0.3, 0.4) is 0 Å². The summed E-state index contributed by atoms with van der Waals surface area (Å²) in [6.45, 7) is 1.83. The van der Waals surface area contributed by atoms with Crippen molar-refractivity contribution >= 4 is 15.9 Å². The molecule has 18 heavy (non-hydrogen) atoms. The third-order valence-corrected chi connectivity index (χ3v) is 3.66. The Labute approximate surface area is 114 Å². The highest BCUT2D eigenvalue weighted by atomic mass is 79.9. The molecular weight excluding hydrogens is 295 g/mol. The van der Waals surface area contributed by atoms with Crippen molar-refractivity contribution in [3.05, 3.63) is 69.4 Å². The summed E-state index contributed by atoms with van der Waals surface area (Å²) >= 11 is 3.42. The minimum atomic E-state index is -0.829. The van der Waals surface area contributed by atoms with Crippen LogP contribution in [0.2, 0.25) is 0 Å². The lowest BCUT2D eigenvalue weighted by molar-refractivity contribution is 0.173. The van der Waals surface area contributed by atoms with Crippen LogP contribution in [0.1, 0.15) is 22.8 Å². The number of rotatable bonds is 3. The fourth-order valence-electron chi connectivity index (χ4n) is 1.88. The van der Waals surface area contributed by atoms with Crippen LogP contribution in [0.5, 0.6) is 0 Å². The summed E-state index contributed by atoms with van der Waals surface area (Å²) in [4.78, 5) is 0.